The maximum Gasteiger partial charge on any atom is 0.305 e. The van der Waals surface area contributed by atoms with Crippen LogP contribution in [0.4, 0.5) is 0 Å². The minimum absolute atomic E-state index is 0.0254. The van der Waals surface area contributed by atoms with Gasteiger partial charge in [0.25, 0.3) is 0 Å². The van der Waals surface area contributed by atoms with E-state index in [1.54, 1.807) is 0 Å². The molecule has 6 nitrogen and oxygen atoms in total. The van der Waals surface area contributed by atoms with Crippen LogP contribution in [0.1, 0.15) is 444 Å². The fourth-order valence-corrected chi connectivity index (χ4v) is 12.4. The van der Waals surface area contributed by atoms with Crippen LogP contribution in [0.5, 0.6) is 0 Å². The lowest BCUT2D eigenvalue weighted by molar-refractivity contribution is -0.143. The fourth-order valence-electron chi connectivity index (χ4n) is 12.4. The monoisotopic (exact) mass is 1140 g/mol. The smallest absolute Gasteiger partial charge is 0.305 e. The highest BCUT2D eigenvalue weighted by atomic mass is 16.5. The van der Waals surface area contributed by atoms with Gasteiger partial charge in [0.1, 0.15) is 0 Å². The van der Waals surface area contributed by atoms with E-state index in [0.29, 0.717) is 25.9 Å². The van der Waals surface area contributed by atoms with Crippen LogP contribution in [-0.4, -0.2) is 47.4 Å². The Morgan fingerprint density at radius 1 is 0.296 bits per heavy atom. The topological polar surface area (TPSA) is 95.9 Å². The standard InChI is InChI=1S/C75H149NO5/c1-3-5-7-9-11-13-15-17-19-21-37-41-45-49-53-57-61-65-69-75(80)81-70-66-62-58-54-50-46-42-38-34-32-30-28-26-24-22-23-25-27-29-31-33-36-40-44-48-52-56-60-64-68-74(79)76-72(71-77)73(78)67-63-59-55-51-47-43-39-35-20-18-16-14-12-10-8-6-4-2/h72-73,77-78H,3-71H2,1-2H3,(H,76,79). The van der Waals surface area contributed by atoms with Crippen molar-refractivity contribution < 1.29 is 24.5 Å². The van der Waals surface area contributed by atoms with Gasteiger partial charge in [0.15, 0.2) is 0 Å². The van der Waals surface area contributed by atoms with Gasteiger partial charge < -0.3 is 20.3 Å². The summed E-state index contributed by atoms with van der Waals surface area (Å²) < 4.78 is 5.52. The predicted molar refractivity (Wildman–Crippen MR) is 357 cm³/mol. The number of ether oxygens (including phenoxy) is 1. The Morgan fingerprint density at radius 3 is 0.753 bits per heavy atom. The highest BCUT2D eigenvalue weighted by Gasteiger charge is 2.20. The van der Waals surface area contributed by atoms with E-state index in [4.69, 9.17) is 4.74 Å². The number of aliphatic hydroxyl groups is 2. The van der Waals surface area contributed by atoms with Crippen LogP contribution in [0.2, 0.25) is 0 Å². The third kappa shape index (κ3) is 67.9. The van der Waals surface area contributed by atoms with Crippen LogP contribution >= 0.6 is 0 Å². The number of rotatable bonds is 72. The molecule has 484 valence electrons. The van der Waals surface area contributed by atoms with Gasteiger partial charge in [0.05, 0.1) is 25.4 Å². The van der Waals surface area contributed by atoms with Gasteiger partial charge in [0, 0.05) is 12.8 Å². The van der Waals surface area contributed by atoms with Crippen molar-refractivity contribution in [3.05, 3.63) is 0 Å². The molecule has 0 aromatic rings. The van der Waals surface area contributed by atoms with Gasteiger partial charge in [-0.25, -0.2) is 0 Å². The van der Waals surface area contributed by atoms with Gasteiger partial charge in [-0.05, 0) is 25.7 Å². The van der Waals surface area contributed by atoms with E-state index in [1.165, 1.54) is 372 Å². The molecule has 0 aliphatic heterocycles. The Kier molecular flexibility index (Phi) is 70.3. The van der Waals surface area contributed by atoms with Crippen molar-refractivity contribution in [2.24, 2.45) is 0 Å². The fraction of sp³-hybridized carbons (Fsp3) is 0.973. The van der Waals surface area contributed by atoms with Crippen LogP contribution in [0.15, 0.2) is 0 Å². The Hall–Kier alpha value is -1.14. The first-order valence-corrected chi connectivity index (χ1v) is 37.8. The lowest BCUT2D eigenvalue weighted by Gasteiger charge is -2.22. The van der Waals surface area contributed by atoms with Gasteiger partial charge in [-0.1, -0.05) is 406 Å². The molecule has 6 heteroatoms. The van der Waals surface area contributed by atoms with E-state index in [2.05, 4.69) is 19.2 Å². The normalized spacial score (nSPS) is 12.4. The second-order valence-corrected chi connectivity index (χ2v) is 26.4. The number of carbonyl (C=O) groups excluding carboxylic acids is 2. The molecule has 3 N–H and O–H groups in total. The predicted octanol–water partition coefficient (Wildman–Crippen LogP) is 24.5. The first-order valence-electron chi connectivity index (χ1n) is 37.8. The highest BCUT2D eigenvalue weighted by Crippen LogP contribution is 2.20. The van der Waals surface area contributed by atoms with Crippen molar-refractivity contribution in [3.63, 3.8) is 0 Å². The minimum Gasteiger partial charge on any atom is -0.466 e. The van der Waals surface area contributed by atoms with Gasteiger partial charge in [-0.3, -0.25) is 9.59 Å². The van der Waals surface area contributed by atoms with E-state index in [1.807, 2.05) is 0 Å². The molecule has 0 aromatic heterocycles. The summed E-state index contributed by atoms with van der Waals surface area (Å²) in [5.74, 6) is -0.00123. The van der Waals surface area contributed by atoms with Crippen molar-refractivity contribution in [1.29, 1.82) is 0 Å². The SMILES string of the molecule is CCCCCCCCCCCCCCCCCCCCC(=O)OCCCCCCCCCCCCCCCCCCCCCCCCCCCCCCCC(=O)NC(CO)C(O)CCCCCCCCCCCCCCCCCCC. The molecule has 0 aromatic carbocycles. The molecule has 0 spiro atoms. The lowest BCUT2D eigenvalue weighted by Crippen LogP contribution is -2.45. The molecule has 0 bridgehead atoms. The van der Waals surface area contributed by atoms with Crippen LogP contribution < -0.4 is 5.32 Å². The number of amides is 1. The molecular weight excluding hydrogens is 995 g/mol. The minimum atomic E-state index is -0.661. The van der Waals surface area contributed by atoms with E-state index in [0.717, 1.165) is 38.5 Å². The third-order valence-corrected chi connectivity index (χ3v) is 18.2. The summed E-state index contributed by atoms with van der Waals surface area (Å²) in [6, 6.07) is -0.538. The Balaban J connectivity index is 3.31. The average Bonchev–Trinajstić information content (AvgIpc) is 3.47. The molecule has 0 radical (unpaired) electrons. The molecule has 0 aliphatic rings. The molecule has 1 amide bonds. The van der Waals surface area contributed by atoms with E-state index < -0.39 is 12.1 Å². The molecule has 0 rings (SSSR count). The van der Waals surface area contributed by atoms with Gasteiger partial charge in [-0.2, -0.15) is 0 Å². The Bertz CT molecular complexity index is 1180. The largest absolute Gasteiger partial charge is 0.466 e. The number of unbranched alkanes of at least 4 members (excludes halogenated alkanes) is 61. The summed E-state index contributed by atoms with van der Waals surface area (Å²) in [7, 11) is 0. The third-order valence-electron chi connectivity index (χ3n) is 18.2. The van der Waals surface area contributed by atoms with Gasteiger partial charge in [-0.15, -0.1) is 0 Å². The van der Waals surface area contributed by atoms with Crippen LogP contribution in [0, 0.1) is 0 Å². The summed E-state index contributed by atoms with van der Waals surface area (Å²) in [6.45, 7) is 5.01. The average molecular weight is 1150 g/mol. The van der Waals surface area contributed by atoms with Crippen LogP contribution in [-0.2, 0) is 14.3 Å². The van der Waals surface area contributed by atoms with E-state index in [-0.39, 0.29) is 18.5 Å². The van der Waals surface area contributed by atoms with Crippen LogP contribution in [0.25, 0.3) is 0 Å². The zero-order chi connectivity index (χ0) is 58.5. The molecule has 0 aliphatic carbocycles. The number of hydrogen-bond donors (Lipinski definition) is 3. The van der Waals surface area contributed by atoms with Crippen molar-refractivity contribution in [2.45, 2.75) is 456 Å². The van der Waals surface area contributed by atoms with Crippen molar-refractivity contribution >= 4 is 11.9 Å². The molecule has 2 atom stereocenters. The highest BCUT2D eigenvalue weighted by molar-refractivity contribution is 5.76. The number of nitrogens with one attached hydrogen (secondary N) is 1. The molecule has 0 fully saturated rings. The molecule has 81 heavy (non-hydrogen) atoms. The molecular formula is C75H149NO5. The molecule has 2 unspecified atom stereocenters. The van der Waals surface area contributed by atoms with E-state index in [9.17, 15) is 19.8 Å². The second-order valence-electron chi connectivity index (χ2n) is 26.4. The summed E-state index contributed by atoms with van der Waals surface area (Å²) in [5.41, 5.74) is 0. The second kappa shape index (κ2) is 71.3. The zero-order valence-electron chi connectivity index (χ0n) is 55.6. The number of esters is 1. The number of aliphatic hydroxyl groups excluding tert-OH is 2. The zero-order valence-corrected chi connectivity index (χ0v) is 55.6. The van der Waals surface area contributed by atoms with E-state index >= 15 is 0 Å². The maximum atomic E-state index is 12.5. The Morgan fingerprint density at radius 2 is 0.506 bits per heavy atom. The van der Waals surface area contributed by atoms with Gasteiger partial charge in [0.2, 0.25) is 5.91 Å². The lowest BCUT2D eigenvalue weighted by atomic mass is 10.0. The summed E-state index contributed by atoms with van der Waals surface area (Å²) in [5, 5.41) is 23.4. The van der Waals surface area contributed by atoms with Gasteiger partial charge >= 0.3 is 5.97 Å². The first-order chi connectivity index (χ1) is 40.0. The van der Waals surface area contributed by atoms with Crippen molar-refractivity contribution in [2.75, 3.05) is 13.2 Å². The number of carbonyl (C=O) groups is 2. The molecule has 0 saturated heterocycles. The molecule has 0 heterocycles. The summed E-state index contributed by atoms with van der Waals surface area (Å²) >= 11 is 0. The maximum absolute atomic E-state index is 12.5. The summed E-state index contributed by atoms with van der Waals surface area (Å²) in [4.78, 5) is 24.7. The van der Waals surface area contributed by atoms with Crippen LogP contribution in [0.3, 0.4) is 0 Å². The first kappa shape index (κ1) is 79.9. The quantitative estimate of drug-likeness (QED) is 0.0417. The number of hydrogen-bond acceptors (Lipinski definition) is 5. The molecule has 0 saturated carbocycles. The van der Waals surface area contributed by atoms with Crippen molar-refractivity contribution in [1.82, 2.24) is 5.32 Å². The Labute approximate surface area is 508 Å². The summed E-state index contributed by atoms with van der Waals surface area (Å²) in [6.07, 6.45) is 87.5. The van der Waals surface area contributed by atoms with Crippen molar-refractivity contribution in [3.8, 4) is 0 Å².